The van der Waals surface area contributed by atoms with E-state index >= 15 is 0 Å². The van der Waals surface area contributed by atoms with E-state index in [1.54, 1.807) is 6.20 Å². The number of benzene rings is 1. The molecule has 1 saturated heterocycles. The van der Waals surface area contributed by atoms with Gasteiger partial charge in [0.05, 0.1) is 12.7 Å². The lowest BCUT2D eigenvalue weighted by atomic mass is 9.91. The first-order valence-electron chi connectivity index (χ1n) is 7.80. The fourth-order valence-electron chi connectivity index (χ4n) is 2.99. The maximum Gasteiger partial charge on any atom is 0.209 e. The van der Waals surface area contributed by atoms with Gasteiger partial charge in [0.25, 0.3) is 0 Å². The minimum Gasteiger partial charge on any atom is -0.439 e. The summed E-state index contributed by atoms with van der Waals surface area (Å²) in [4.78, 5) is 6.78. The summed E-state index contributed by atoms with van der Waals surface area (Å²) in [6.07, 6.45) is 4.08. The number of hydrogen-bond donors (Lipinski definition) is 1. The Morgan fingerprint density at radius 1 is 1.41 bits per heavy atom. The molecule has 1 atom stereocenters. The molecule has 22 heavy (non-hydrogen) atoms. The van der Waals surface area contributed by atoms with Gasteiger partial charge in [-0.3, -0.25) is 4.90 Å². The Morgan fingerprint density at radius 3 is 2.86 bits per heavy atom. The van der Waals surface area contributed by atoms with Gasteiger partial charge >= 0.3 is 0 Å². The first-order chi connectivity index (χ1) is 10.6. The second-order valence-corrected chi connectivity index (χ2v) is 6.54. The minimum absolute atomic E-state index is 0.290. The van der Waals surface area contributed by atoms with E-state index in [1.165, 1.54) is 0 Å². The molecule has 0 radical (unpaired) electrons. The summed E-state index contributed by atoms with van der Waals surface area (Å²) in [5.74, 6) is 2.17. The van der Waals surface area contributed by atoms with E-state index in [2.05, 4.69) is 16.8 Å². The number of halogens is 1. The summed E-state index contributed by atoms with van der Waals surface area (Å²) in [6, 6.07) is 7.92. The van der Waals surface area contributed by atoms with Gasteiger partial charge in [-0.25, -0.2) is 4.98 Å². The summed E-state index contributed by atoms with van der Waals surface area (Å²) in [5.41, 5.74) is 6.95. The maximum absolute atomic E-state index is 6.02. The van der Waals surface area contributed by atoms with Gasteiger partial charge in [-0.2, -0.15) is 0 Å². The van der Waals surface area contributed by atoms with Crippen LogP contribution >= 0.6 is 11.6 Å². The molecular weight excluding hydrogens is 298 g/mol. The molecule has 0 aliphatic carbocycles. The maximum atomic E-state index is 6.02. The fourth-order valence-corrected chi connectivity index (χ4v) is 3.18. The topological polar surface area (TPSA) is 55.3 Å². The lowest BCUT2D eigenvalue weighted by Gasteiger charge is -2.32. The minimum atomic E-state index is 0.290. The molecule has 1 unspecified atom stereocenters. The molecule has 3 rings (SSSR count). The Morgan fingerprint density at radius 2 is 2.18 bits per heavy atom. The van der Waals surface area contributed by atoms with E-state index in [1.807, 2.05) is 24.3 Å². The summed E-state index contributed by atoms with van der Waals surface area (Å²) < 4.78 is 5.87. The Bertz CT molecular complexity index is 618. The van der Waals surface area contributed by atoms with Crippen LogP contribution in [0.15, 0.2) is 34.9 Å². The molecule has 0 bridgehead atoms. The molecule has 118 valence electrons. The second kappa shape index (κ2) is 6.82. The third kappa shape index (κ3) is 3.69. The van der Waals surface area contributed by atoms with Gasteiger partial charge < -0.3 is 10.2 Å². The first-order valence-corrected chi connectivity index (χ1v) is 8.18. The van der Waals surface area contributed by atoms with Crippen LogP contribution in [0, 0.1) is 5.92 Å². The zero-order valence-electron chi connectivity index (χ0n) is 12.8. The molecule has 2 N–H and O–H groups in total. The second-order valence-electron chi connectivity index (χ2n) is 6.10. The van der Waals surface area contributed by atoms with Crippen LogP contribution in [-0.4, -0.2) is 29.0 Å². The SMILES string of the molecule is CC(N)C1CCN(Cc2ncc(-c3cccc(Cl)c3)o2)CC1. The van der Waals surface area contributed by atoms with Gasteiger partial charge in [0.2, 0.25) is 5.89 Å². The van der Waals surface area contributed by atoms with Crippen LogP contribution in [-0.2, 0) is 6.54 Å². The number of aromatic nitrogens is 1. The lowest BCUT2D eigenvalue weighted by molar-refractivity contribution is 0.154. The summed E-state index contributed by atoms with van der Waals surface area (Å²) in [7, 11) is 0. The summed E-state index contributed by atoms with van der Waals surface area (Å²) in [5, 5.41) is 0.702. The highest BCUT2D eigenvalue weighted by Crippen LogP contribution is 2.25. The average molecular weight is 320 g/mol. The first kappa shape index (κ1) is 15.5. The number of piperidine rings is 1. The van der Waals surface area contributed by atoms with E-state index in [-0.39, 0.29) is 0 Å². The average Bonchev–Trinajstić information content (AvgIpc) is 2.96. The van der Waals surface area contributed by atoms with Crippen molar-refractivity contribution in [2.45, 2.75) is 32.4 Å². The van der Waals surface area contributed by atoms with Crippen molar-refractivity contribution in [3.63, 3.8) is 0 Å². The van der Waals surface area contributed by atoms with E-state index in [4.69, 9.17) is 21.8 Å². The fraction of sp³-hybridized carbons (Fsp3) is 0.471. The lowest BCUT2D eigenvalue weighted by Crippen LogP contribution is -2.39. The number of oxazole rings is 1. The number of nitrogens with zero attached hydrogens (tertiary/aromatic N) is 2. The Hall–Kier alpha value is -1.36. The van der Waals surface area contributed by atoms with Crippen molar-refractivity contribution in [3.8, 4) is 11.3 Å². The van der Waals surface area contributed by atoms with Crippen molar-refractivity contribution in [1.29, 1.82) is 0 Å². The van der Waals surface area contributed by atoms with Crippen LogP contribution in [0.4, 0.5) is 0 Å². The predicted molar refractivity (Wildman–Crippen MR) is 88.6 cm³/mol. The third-order valence-corrected chi connectivity index (χ3v) is 4.63. The number of likely N-dealkylation sites (tertiary alicyclic amines) is 1. The zero-order valence-corrected chi connectivity index (χ0v) is 13.6. The van der Waals surface area contributed by atoms with Crippen LogP contribution in [0.3, 0.4) is 0 Å². The highest BCUT2D eigenvalue weighted by atomic mass is 35.5. The van der Waals surface area contributed by atoms with Gasteiger partial charge in [-0.15, -0.1) is 0 Å². The number of hydrogen-bond acceptors (Lipinski definition) is 4. The number of rotatable bonds is 4. The van der Waals surface area contributed by atoms with Crippen molar-refractivity contribution in [2.24, 2.45) is 11.7 Å². The van der Waals surface area contributed by atoms with Crippen molar-refractivity contribution in [3.05, 3.63) is 41.4 Å². The normalized spacial score (nSPS) is 18.5. The highest BCUT2D eigenvalue weighted by Gasteiger charge is 2.22. The Balaban J connectivity index is 1.61. The van der Waals surface area contributed by atoms with Crippen molar-refractivity contribution in [2.75, 3.05) is 13.1 Å². The van der Waals surface area contributed by atoms with Crippen LogP contribution < -0.4 is 5.73 Å². The molecule has 4 nitrogen and oxygen atoms in total. The van der Waals surface area contributed by atoms with E-state index < -0.39 is 0 Å². The van der Waals surface area contributed by atoms with Crippen LogP contribution in [0.25, 0.3) is 11.3 Å². The molecule has 1 aliphatic heterocycles. The molecule has 1 aromatic heterocycles. The molecule has 2 aromatic rings. The Kier molecular flexibility index (Phi) is 4.81. The van der Waals surface area contributed by atoms with Gasteiger partial charge in [0.1, 0.15) is 0 Å². The van der Waals surface area contributed by atoms with E-state index in [9.17, 15) is 0 Å². The Labute approximate surface area is 136 Å². The molecular formula is C17H22ClN3O. The third-order valence-electron chi connectivity index (χ3n) is 4.40. The highest BCUT2D eigenvalue weighted by molar-refractivity contribution is 6.30. The van der Waals surface area contributed by atoms with Gasteiger partial charge in [-0.05, 0) is 50.9 Å². The summed E-state index contributed by atoms with van der Waals surface area (Å²) in [6.45, 7) is 4.97. The zero-order chi connectivity index (χ0) is 15.5. The largest absolute Gasteiger partial charge is 0.439 e. The van der Waals surface area contributed by atoms with Crippen LogP contribution in [0.1, 0.15) is 25.7 Å². The molecule has 1 aliphatic rings. The molecule has 0 spiro atoms. The number of nitrogens with two attached hydrogens (primary N) is 1. The molecule has 0 amide bonds. The molecule has 1 aromatic carbocycles. The quantitative estimate of drug-likeness (QED) is 0.936. The summed E-state index contributed by atoms with van der Waals surface area (Å²) >= 11 is 6.02. The van der Waals surface area contributed by atoms with Gasteiger partial charge in [0.15, 0.2) is 5.76 Å². The molecule has 2 heterocycles. The predicted octanol–water partition coefficient (Wildman–Crippen LogP) is 3.55. The van der Waals surface area contributed by atoms with E-state index in [0.29, 0.717) is 17.0 Å². The molecule has 1 fully saturated rings. The van der Waals surface area contributed by atoms with E-state index in [0.717, 1.165) is 49.7 Å². The monoisotopic (exact) mass is 319 g/mol. The van der Waals surface area contributed by atoms with Crippen molar-refractivity contribution >= 4 is 11.6 Å². The smallest absolute Gasteiger partial charge is 0.209 e. The van der Waals surface area contributed by atoms with Gasteiger partial charge in [-0.1, -0.05) is 23.7 Å². The van der Waals surface area contributed by atoms with Crippen LogP contribution in [0.2, 0.25) is 5.02 Å². The van der Waals surface area contributed by atoms with Crippen molar-refractivity contribution < 1.29 is 4.42 Å². The van der Waals surface area contributed by atoms with Crippen molar-refractivity contribution in [1.82, 2.24) is 9.88 Å². The van der Waals surface area contributed by atoms with Gasteiger partial charge in [0, 0.05) is 16.6 Å². The molecule has 0 saturated carbocycles. The van der Waals surface area contributed by atoms with Crippen LogP contribution in [0.5, 0.6) is 0 Å². The standard InChI is InChI=1S/C17H22ClN3O/c1-12(19)13-5-7-21(8-6-13)11-17-20-10-16(22-17)14-3-2-4-15(18)9-14/h2-4,9-10,12-13H,5-8,11,19H2,1H3. The molecule has 5 heteroatoms.